The number of allylic oxidation sites excluding steroid dienone is 1. The lowest BCUT2D eigenvalue weighted by molar-refractivity contribution is -0.151. The number of hydrogen-bond donors (Lipinski definition) is 0. The molecular weight excluding hydrogens is 552 g/mol. The second-order valence-corrected chi connectivity index (χ2v) is 9.88. The Balaban J connectivity index is 1.30. The molecule has 0 aliphatic heterocycles. The number of hydrogen-bond acceptors (Lipinski definition) is 9. The standard InChI is InChI=1S/C34H38O9/c1-3-32(36)41-23-22-40-28-15-10-26(11-16-28)12-19-31(35)27-13-17-29(18-14-27)39-20-7-21-42-34(38)25(2)24-33(37)43-30-8-5-4-6-9-30/h3,10-19,30H,1-2,4-9,20-24H2/b19-12+. The van der Waals surface area contributed by atoms with Gasteiger partial charge in [0, 0.05) is 23.6 Å². The Bertz CT molecular complexity index is 1270. The largest absolute Gasteiger partial charge is 0.493 e. The van der Waals surface area contributed by atoms with Crippen LogP contribution in [0.3, 0.4) is 0 Å². The number of carbonyl (C=O) groups is 4. The van der Waals surface area contributed by atoms with Gasteiger partial charge in [-0.3, -0.25) is 9.59 Å². The van der Waals surface area contributed by atoms with Gasteiger partial charge in [0.05, 0.1) is 19.6 Å². The van der Waals surface area contributed by atoms with E-state index in [0.29, 0.717) is 30.1 Å². The highest BCUT2D eigenvalue weighted by Crippen LogP contribution is 2.21. The van der Waals surface area contributed by atoms with E-state index in [1.165, 1.54) is 6.08 Å². The summed E-state index contributed by atoms with van der Waals surface area (Å²) in [7, 11) is 0. The molecule has 1 aliphatic rings. The fraction of sp³-hybridized carbons (Fsp3) is 0.353. The van der Waals surface area contributed by atoms with Crippen molar-refractivity contribution in [3.63, 3.8) is 0 Å². The number of rotatable bonds is 17. The molecule has 0 N–H and O–H groups in total. The zero-order valence-electron chi connectivity index (χ0n) is 24.3. The molecule has 2 aromatic carbocycles. The molecule has 0 saturated heterocycles. The van der Waals surface area contributed by atoms with Crippen LogP contribution in [0.5, 0.6) is 11.5 Å². The van der Waals surface area contributed by atoms with Gasteiger partial charge in [-0.2, -0.15) is 0 Å². The van der Waals surface area contributed by atoms with Crippen molar-refractivity contribution in [1.29, 1.82) is 0 Å². The maximum Gasteiger partial charge on any atom is 0.333 e. The highest BCUT2D eigenvalue weighted by atomic mass is 16.6. The molecule has 0 atom stereocenters. The van der Waals surface area contributed by atoms with Crippen LogP contribution in [0.4, 0.5) is 0 Å². The molecule has 1 fully saturated rings. The molecule has 9 nitrogen and oxygen atoms in total. The summed E-state index contributed by atoms with van der Waals surface area (Å²) in [5.74, 6) is -0.533. The van der Waals surface area contributed by atoms with Gasteiger partial charge in [0.25, 0.3) is 0 Å². The molecule has 1 aliphatic carbocycles. The molecule has 9 heteroatoms. The van der Waals surface area contributed by atoms with Crippen molar-refractivity contribution in [3.05, 3.63) is 90.5 Å². The van der Waals surface area contributed by atoms with Crippen LogP contribution in [0.1, 0.15) is 60.9 Å². The lowest BCUT2D eigenvalue weighted by Crippen LogP contribution is -2.22. The monoisotopic (exact) mass is 590 g/mol. The topological polar surface area (TPSA) is 114 Å². The summed E-state index contributed by atoms with van der Waals surface area (Å²) in [5.41, 5.74) is 1.40. The first-order valence-electron chi connectivity index (χ1n) is 14.4. The molecule has 0 unspecified atom stereocenters. The van der Waals surface area contributed by atoms with Gasteiger partial charge in [-0.15, -0.1) is 0 Å². The third-order valence-corrected chi connectivity index (χ3v) is 6.50. The fourth-order valence-corrected chi connectivity index (χ4v) is 4.19. The van der Waals surface area contributed by atoms with Crippen LogP contribution in [-0.2, 0) is 28.6 Å². The summed E-state index contributed by atoms with van der Waals surface area (Å²) in [4.78, 5) is 47.7. The number of ketones is 1. The van der Waals surface area contributed by atoms with Crippen LogP contribution < -0.4 is 9.47 Å². The molecule has 0 heterocycles. The molecule has 0 spiro atoms. The van der Waals surface area contributed by atoms with Gasteiger partial charge in [0.1, 0.15) is 30.8 Å². The lowest BCUT2D eigenvalue weighted by atomic mass is 9.98. The highest BCUT2D eigenvalue weighted by Gasteiger charge is 2.20. The van der Waals surface area contributed by atoms with E-state index in [1.54, 1.807) is 42.5 Å². The van der Waals surface area contributed by atoms with Crippen LogP contribution in [-0.4, -0.2) is 56.2 Å². The van der Waals surface area contributed by atoms with Crippen molar-refractivity contribution in [2.24, 2.45) is 0 Å². The van der Waals surface area contributed by atoms with Crippen molar-refractivity contribution >= 4 is 29.8 Å². The van der Waals surface area contributed by atoms with E-state index in [4.69, 9.17) is 23.7 Å². The maximum absolute atomic E-state index is 12.5. The van der Waals surface area contributed by atoms with Crippen LogP contribution in [0, 0.1) is 0 Å². The average molecular weight is 591 g/mol. The molecule has 2 aromatic rings. The number of benzene rings is 2. The normalized spacial score (nSPS) is 13.1. The molecule has 0 amide bonds. The fourth-order valence-electron chi connectivity index (χ4n) is 4.19. The Morgan fingerprint density at radius 1 is 0.791 bits per heavy atom. The van der Waals surface area contributed by atoms with Gasteiger partial charge in [-0.05, 0) is 73.7 Å². The van der Waals surface area contributed by atoms with E-state index in [-0.39, 0.29) is 43.7 Å². The minimum absolute atomic E-state index is 0.0638. The zero-order chi connectivity index (χ0) is 30.9. The van der Waals surface area contributed by atoms with E-state index in [0.717, 1.165) is 43.7 Å². The first-order chi connectivity index (χ1) is 20.8. The molecule has 1 saturated carbocycles. The number of esters is 3. The summed E-state index contributed by atoms with van der Waals surface area (Å²) in [5, 5.41) is 0. The molecule has 0 radical (unpaired) electrons. The highest BCUT2D eigenvalue weighted by molar-refractivity contribution is 6.06. The van der Waals surface area contributed by atoms with Gasteiger partial charge in [-0.25, -0.2) is 9.59 Å². The second kappa shape index (κ2) is 18.0. The van der Waals surface area contributed by atoms with Gasteiger partial charge in [-0.1, -0.05) is 37.8 Å². The Morgan fingerprint density at radius 2 is 1.44 bits per heavy atom. The molecule has 0 aromatic heterocycles. The van der Waals surface area contributed by atoms with Crippen LogP contribution in [0.2, 0.25) is 0 Å². The van der Waals surface area contributed by atoms with E-state index >= 15 is 0 Å². The Labute approximate surface area is 252 Å². The molecular formula is C34H38O9. The van der Waals surface area contributed by atoms with Crippen molar-refractivity contribution in [2.45, 2.75) is 51.0 Å². The van der Waals surface area contributed by atoms with Crippen LogP contribution in [0.25, 0.3) is 6.08 Å². The van der Waals surface area contributed by atoms with Crippen molar-refractivity contribution < 1.29 is 42.9 Å². The molecule has 228 valence electrons. The zero-order valence-corrected chi connectivity index (χ0v) is 24.3. The average Bonchev–Trinajstić information content (AvgIpc) is 3.02. The quantitative estimate of drug-likeness (QED) is 0.0738. The smallest absolute Gasteiger partial charge is 0.333 e. The van der Waals surface area contributed by atoms with Gasteiger partial charge < -0.3 is 23.7 Å². The lowest BCUT2D eigenvalue weighted by Gasteiger charge is -2.21. The van der Waals surface area contributed by atoms with Crippen molar-refractivity contribution in [2.75, 3.05) is 26.4 Å². The summed E-state index contributed by atoms with van der Waals surface area (Å²) >= 11 is 0. The molecule has 43 heavy (non-hydrogen) atoms. The summed E-state index contributed by atoms with van der Waals surface area (Å²) in [6.45, 7) is 7.74. The summed E-state index contributed by atoms with van der Waals surface area (Å²) in [6.07, 6.45) is 9.49. The third-order valence-electron chi connectivity index (χ3n) is 6.50. The van der Waals surface area contributed by atoms with E-state index < -0.39 is 17.9 Å². The predicted molar refractivity (Wildman–Crippen MR) is 161 cm³/mol. The molecule has 0 bridgehead atoms. The molecule has 3 rings (SSSR count). The third kappa shape index (κ3) is 12.4. The van der Waals surface area contributed by atoms with Crippen LogP contribution >= 0.6 is 0 Å². The SMILES string of the molecule is C=CC(=O)OCCOc1ccc(/C=C/C(=O)c2ccc(OCCCOC(=O)C(=C)CC(=O)OC3CCCCC3)cc2)cc1. The maximum atomic E-state index is 12.5. The van der Waals surface area contributed by atoms with Crippen LogP contribution in [0.15, 0.2) is 79.4 Å². The Morgan fingerprint density at radius 3 is 2.12 bits per heavy atom. The summed E-state index contributed by atoms with van der Waals surface area (Å²) < 4.78 is 26.6. The summed E-state index contributed by atoms with van der Waals surface area (Å²) in [6, 6.07) is 13.9. The number of ether oxygens (including phenoxy) is 5. The first kappa shape index (κ1) is 32.8. The minimum Gasteiger partial charge on any atom is -0.493 e. The van der Waals surface area contributed by atoms with Crippen molar-refractivity contribution in [3.8, 4) is 11.5 Å². The van der Waals surface area contributed by atoms with E-state index in [9.17, 15) is 19.2 Å². The minimum atomic E-state index is -0.621. The van der Waals surface area contributed by atoms with Crippen molar-refractivity contribution in [1.82, 2.24) is 0 Å². The van der Waals surface area contributed by atoms with Gasteiger partial charge in [0.2, 0.25) is 0 Å². The van der Waals surface area contributed by atoms with Gasteiger partial charge in [0.15, 0.2) is 5.78 Å². The second-order valence-electron chi connectivity index (χ2n) is 9.88. The predicted octanol–water partition coefficient (Wildman–Crippen LogP) is 5.83. The van der Waals surface area contributed by atoms with Gasteiger partial charge >= 0.3 is 17.9 Å². The number of carbonyl (C=O) groups excluding carboxylic acids is 4. The Kier molecular flexibility index (Phi) is 13.8. The van der Waals surface area contributed by atoms with E-state index in [2.05, 4.69) is 13.2 Å². The first-order valence-corrected chi connectivity index (χ1v) is 14.4. The van der Waals surface area contributed by atoms with E-state index in [1.807, 2.05) is 12.1 Å². The Hall–Kier alpha value is -4.66.